The van der Waals surface area contributed by atoms with Gasteiger partial charge in [0, 0.05) is 5.69 Å². The summed E-state index contributed by atoms with van der Waals surface area (Å²) in [5.74, 6) is 0.869. The lowest BCUT2D eigenvalue weighted by Crippen LogP contribution is -2.20. The summed E-state index contributed by atoms with van der Waals surface area (Å²) in [7, 11) is -3.08. The maximum Gasteiger partial charge on any atom is 0.331 e. The monoisotopic (exact) mass is 490 g/mol. The highest BCUT2D eigenvalue weighted by Crippen LogP contribution is 2.54. The number of benzene rings is 1. The van der Waals surface area contributed by atoms with Crippen LogP contribution in [0.1, 0.15) is 64.9 Å². The molecule has 0 bridgehead atoms. The van der Waals surface area contributed by atoms with Crippen molar-refractivity contribution in [2.75, 3.05) is 6.16 Å². The molecule has 0 atom stereocenters. The maximum atomic E-state index is 13.2. The van der Waals surface area contributed by atoms with Crippen molar-refractivity contribution in [3.05, 3.63) is 47.6 Å². The Balaban J connectivity index is 1.40. The molecule has 0 aliphatic heterocycles. The van der Waals surface area contributed by atoms with Crippen LogP contribution in [0.5, 0.6) is 0 Å². The van der Waals surface area contributed by atoms with Crippen molar-refractivity contribution in [3.63, 3.8) is 0 Å². The van der Waals surface area contributed by atoms with Crippen LogP contribution in [0.3, 0.4) is 0 Å². The zero-order valence-corrected chi connectivity index (χ0v) is 21.3. The molecule has 0 unspecified atom stereocenters. The molecule has 0 saturated heterocycles. The molecule has 1 fully saturated rings. The third kappa shape index (κ3) is 5.83. The first kappa shape index (κ1) is 24.3. The van der Waals surface area contributed by atoms with E-state index in [2.05, 4.69) is 39.2 Å². The van der Waals surface area contributed by atoms with Gasteiger partial charge in [-0.2, -0.15) is 0 Å². The number of fused-ring (bicyclic) bond motifs is 1. The fraction of sp³-hybridized carbons (Fsp3) is 0.542. The summed E-state index contributed by atoms with van der Waals surface area (Å²) in [5.41, 5.74) is 3.61. The van der Waals surface area contributed by atoms with Crippen LogP contribution in [0.15, 0.2) is 36.9 Å². The van der Waals surface area contributed by atoms with Crippen LogP contribution in [0.4, 0.5) is 0 Å². The third-order valence-electron chi connectivity index (χ3n) is 6.00. The lowest BCUT2D eigenvalue weighted by Gasteiger charge is -2.32. The van der Waals surface area contributed by atoms with E-state index in [0.717, 1.165) is 31.4 Å². The highest BCUT2D eigenvalue weighted by molar-refractivity contribution is 7.53. The molecule has 1 aliphatic rings. The Labute approximate surface area is 200 Å². The first-order valence-electron chi connectivity index (χ1n) is 11.6. The Hall–Kier alpha value is -1.79. The van der Waals surface area contributed by atoms with Crippen LogP contribution >= 0.6 is 19.2 Å². The zero-order chi connectivity index (χ0) is 23.6. The molecule has 2 heterocycles. The number of aromatic nitrogens is 4. The van der Waals surface area contributed by atoms with Crippen molar-refractivity contribution < 1.29 is 13.6 Å². The maximum absolute atomic E-state index is 13.2. The fourth-order valence-corrected chi connectivity index (χ4v) is 7.33. The van der Waals surface area contributed by atoms with Gasteiger partial charge in [0.2, 0.25) is 0 Å². The second kappa shape index (κ2) is 10.2. The van der Waals surface area contributed by atoms with Crippen LogP contribution in [0.25, 0.3) is 16.9 Å². The van der Waals surface area contributed by atoms with Gasteiger partial charge in [0.15, 0.2) is 10.8 Å². The summed E-state index contributed by atoms with van der Waals surface area (Å²) < 4.78 is 26.7. The average molecular weight is 491 g/mol. The van der Waals surface area contributed by atoms with E-state index < -0.39 is 7.60 Å². The number of rotatable bonds is 8. The van der Waals surface area contributed by atoms with E-state index >= 15 is 0 Å². The Morgan fingerprint density at radius 2 is 1.64 bits per heavy atom. The molecule has 9 heteroatoms. The summed E-state index contributed by atoms with van der Waals surface area (Å²) in [6.07, 6.45) is 7.66. The SMILES string of the molecule is CC(C)OP(=O)(C[C@H]1CC[C@H](c2ccc(-n3cnc4c(Cl)ncnc43)cc2)CC1)OC(C)C. The predicted octanol–water partition coefficient (Wildman–Crippen LogP) is 6.79. The molecule has 1 aliphatic carbocycles. The molecular weight excluding hydrogens is 459 g/mol. The molecular formula is C24H32ClN4O3P. The normalized spacial score (nSPS) is 19.6. The van der Waals surface area contributed by atoms with Gasteiger partial charge in [0.25, 0.3) is 0 Å². The smallest absolute Gasteiger partial charge is 0.306 e. The van der Waals surface area contributed by atoms with E-state index in [4.69, 9.17) is 20.6 Å². The molecule has 1 saturated carbocycles. The summed E-state index contributed by atoms with van der Waals surface area (Å²) in [6, 6.07) is 8.56. The minimum absolute atomic E-state index is 0.112. The van der Waals surface area contributed by atoms with Crippen LogP contribution in [-0.4, -0.2) is 37.9 Å². The quantitative estimate of drug-likeness (QED) is 0.255. The van der Waals surface area contributed by atoms with Crippen molar-refractivity contribution in [2.45, 2.75) is 71.5 Å². The van der Waals surface area contributed by atoms with Crippen LogP contribution in [0, 0.1) is 5.92 Å². The highest BCUT2D eigenvalue weighted by atomic mass is 35.5. The average Bonchev–Trinajstić information content (AvgIpc) is 3.18. The predicted molar refractivity (Wildman–Crippen MR) is 131 cm³/mol. The fourth-order valence-electron chi connectivity index (χ4n) is 4.65. The van der Waals surface area contributed by atoms with Crippen LogP contribution in [0.2, 0.25) is 5.15 Å². The van der Waals surface area contributed by atoms with E-state index in [9.17, 15) is 4.57 Å². The van der Waals surface area contributed by atoms with Gasteiger partial charge in [0.05, 0.1) is 18.4 Å². The molecule has 178 valence electrons. The number of halogens is 1. The Bertz CT molecular complexity index is 1110. The van der Waals surface area contributed by atoms with Crippen molar-refractivity contribution in [3.8, 4) is 5.69 Å². The van der Waals surface area contributed by atoms with Gasteiger partial charge in [-0.25, -0.2) is 15.0 Å². The summed E-state index contributed by atoms with van der Waals surface area (Å²) >= 11 is 6.13. The topological polar surface area (TPSA) is 79.1 Å². The van der Waals surface area contributed by atoms with Gasteiger partial charge in [-0.1, -0.05) is 23.7 Å². The lowest BCUT2D eigenvalue weighted by molar-refractivity contribution is 0.138. The van der Waals surface area contributed by atoms with Crippen LogP contribution < -0.4 is 0 Å². The molecule has 33 heavy (non-hydrogen) atoms. The number of nitrogens with zero attached hydrogens (tertiary/aromatic N) is 4. The van der Waals surface area contributed by atoms with Crippen molar-refractivity contribution in [2.24, 2.45) is 5.92 Å². The van der Waals surface area contributed by atoms with Gasteiger partial charge >= 0.3 is 7.60 Å². The molecule has 4 rings (SSSR count). The van der Waals surface area contributed by atoms with Gasteiger partial charge in [0.1, 0.15) is 18.2 Å². The number of hydrogen-bond donors (Lipinski definition) is 0. The largest absolute Gasteiger partial charge is 0.331 e. The highest BCUT2D eigenvalue weighted by Gasteiger charge is 2.33. The summed E-state index contributed by atoms with van der Waals surface area (Å²) in [6.45, 7) is 7.63. The van der Waals surface area contributed by atoms with E-state index in [1.165, 1.54) is 11.9 Å². The number of imidazole rings is 1. The third-order valence-corrected chi connectivity index (χ3v) is 8.73. The second-order valence-electron chi connectivity index (χ2n) is 9.36. The van der Waals surface area contributed by atoms with Crippen LogP contribution in [-0.2, 0) is 13.6 Å². The molecule has 1 aromatic carbocycles. The second-order valence-corrected chi connectivity index (χ2v) is 11.7. The van der Waals surface area contributed by atoms with Gasteiger partial charge in [-0.3, -0.25) is 9.13 Å². The molecule has 7 nitrogen and oxygen atoms in total. The first-order valence-corrected chi connectivity index (χ1v) is 13.7. The van der Waals surface area contributed by atoms with Gasteiger partial charge in [-0.15, -0.1) is 0 Å². The molecule has 0 radical (unpaired) electrons. The Morgan fingerprint density at radius 1 is 1.00 bits per heavy atom. The van der Waals surface area contributed by atoms with E-state index in [1.807, 2.05) is 32.3 Å². The molecule has 2 aromatic heterocycles. The summed E-state index contributed by atoms with van der Waals surface area (Å²) in [5, 5.41) is 0.356. The zero-order valence-electron chi connectivity index (χ0n) is 19.6. The minimum Gasteiger partial charge on any atom is -0.306 e. The van der Waals surface area contributed by atoms with Crippen molar-refractivity contribution in [1.82, 2.24) is 19.5 Å². The van der Waals surface area contributed by atoms with Crippen molar-refractivity contribution >= 4 is 30.4 Å². The molecule has 0 amide bonds. The molecule has 3 aromatic rings. The van der Waals surface area contributed by atoms with Gasteiger partial charge < -0.3 is 9.05 Å². The van der Waals surface area contributed by atoms with E-state index in [-0.39, 0.29) is 12.2 Å². The molecule has 0 spiro atoms. The standard InChI is InChI=1S/C24H32ClN4O3P/c1-16(2)31-33(30,32-17(3)4)13-18-5-7-19(8-6-18)20-9-11-21(12-10-20)29-15-28-22-23(25)26-14-27-24(22)29/h9-12,14-19H,5-8,13H2,1-4H3/t18-,19-. The Morgan fingerprint density at radius 3 is 2.24 bits per heavy atom. The summed E-state index contributed by atoms with van der Waals surface area (Å²) in [4.78, 5) is 12.7. The lowest BCUT2D eigenvalue weighted by atomic mass is 9.79. The minimum atomic E-state index is -3.08. The Kier molecular flexibility index (Phi) is 7.54. The van der Waals surface area contributed by atoms with Gasteiger partial charge in [-0.05, 0) is 82.9 Å². The number of hydrogen-bond acceptors (Lipinski definition) is 6. The van der Waals surface area contributed by atoms with E-state index in [1.54, 1.807) is 6.33 Å². The first-order chi connectivity index (χ1) is 15.7. The van der Waals surface area contributed by atoms with E-state index in [0.29, 0.717) is 34.3 Å². The van der Waals surface area contributed by atoms with Crippen molar-refractivity contribution in [1.29, 1.82) is 0 Å². The molecule has 0 N–H and O–H groups in total.